The van der Waals surface area contributed by atoms with Gasteiger partial charge in [0.15, 0.2) is 0 Å². The van der Waals surface area contributed by atoms with Crippen LogP contribution in [0.1, 0.15) is 19.7 Å². The van der Waals surface area contributed by atoms with Crippen LogP contribution in [0.2, 0.25) is 0 Å². The number of aromatic amines is 1. The van der Waals surface area contributed by atoms with Gasteiger partial charge >= 0.3 is 0 Å². The Bertz CT molecular complexity index is 883. The molecule has 120 valence electrons. The fourth-order valence-electron chi connectivity index (χ4n) is 2.38. The number of hydrogen-bond acceptors (Lipinski definition) is 5. The zero-order valence-corrected chi connectivity index (χ0v) is 14.2. The van der Waals surface area contributed by atoms with Crippen LogP contribution in [0.25, 0.3) is 21.3 Å². The van der Waals surface area contributed by atoms with Crippen LogP contribution in [0.5, 0.6) is 5.75 Å². The number of nitrogens with one attached hydrogen (secondary N) is 2. The van der Waals surface area contributed by atoms with Gasteiger partial charge in [0, 0.05) is 17.0 Å². The van der Waals surface area contributed by atoms with E-state index in [1.54, 1.807) is 7.11 Å². The van der Waals surface area contributed by atoms with Crippen molar-refractivity contribution >= 4 is 21.6 Å². The van der Waals surface area contributed by atoms with Crippen molar-refractivity contribution in [2.45, 2.75) is 26.4 Å². The molecule has 2 heterocycles. The molecule has 23 heavy (non-hydrogen) atoms. The number of hydrogen-bond donors (Lipinski definition) is 2. The van der Waals surface area contributed by atoms with Crippen LogP contribution in [0.3, 0.4) is 0 Å². The van der Waals surface area contributed by atoms with Gasteiger partial charge in [-0.3, -0.25) is 4.79 Å². The van der Waals surface area contributed by atoms with Gasteiger partial charge < -0.3 is 15.0 Å². The van der Waals surface area contributed by atoms with E-state index >= 15 is 0 Å². The molecule has 0 aliphatic carbocycles. The highest BCUT2D eigenvalue weighted by molar-refractivity contribution is 7.17. The summed E-state index contributed by atoms with van der Waals surface area (Å²) in [5.74, 6) is 1.43. The van der Waals surface area contributed by atoms with Crippen LogP contribution >= 0.6 is 11.3 Å². The Morgan fingerprint density at radius 1 is 1.39 bits per heavy atom. The molecule has 3 rings (SSSR count). The van der Waals surface area contributed by atoms with E-state index in [9.17, 15) is 4.79 Å². The molecule has 0 aliphatic heterocycles. The van der Waals surface area contributed by atoms with Gasteiger partial charge in [0.25, 0.3) is 5.56 Å². The average Bonchev–Trinajstić information content (AvgIpc) is 2.97. The van der Waals surface area contributed by atoms with E-state index < -0.39 is 0 Å². The first-order chi connectivity index (χ1) is 11.1. The number of rotatable bonds is 5. The first-order valence-corrected chi connectivity index (χ1v) is 8.34. The lowest BCUT2D eigenvalue weighted by molar-refractivity contribution is 0.415. The number of nitrogens with zero attached hydrogens (tertiary/aromatic N) is 1. The number of aromatic nitrogens is 2. The van der Waals surface area contributed by atoms with E-state index in [2.05, 4.69) is 29.1 Å². The van der Waals surface area contributed by atoms with Crippen LogP contribution in [0.4, 0.5) is 0 Å². The van der Waals surface area contributed by atoms with Crippen LogP contribution in [-0.4, -0.2) is 23.1 Å². The Kier molecular flexibility index (Phi) is 4.45. The molecule has 1 aromatic carbocycles. The van der Waals surface area contributed by atoms with Crippen molar-refractivity contribution in [1.82, 2.24) is 15.3 Å². The SMILES string of the molecule is COc1cccc(-c2csc3nc(CNC(C)C)[nH]c(=O)c23)c1. The van der Waals surface area contributed by atoms with Crippen molar-refractivity contribution in [3.8, 4) is 16.9 Å². The average molecular weight is 329 g/mol. The second-order valence-electron chi connectivity index (χ2n) is 5.61. The first kappa shape index (κ1) is 15.7. The molecule has 0 unspecified atom stereocenters. The van der Waals surface area contributed by atoms with Gasteiger partial charge in [0.05, 0.1) is 19.0 Å². The molecule has 0 saturated carbocycles. The minimum absolute atomic E-state index is 0.102. The van der Waals surface area contributed by atoms with Gasteiger partial charge in [0.2, 0.25) is 0 Å². The van der Waals surface area contributed by atoms with Crippen LogP contribution in [0, 0.1) is 0 Å². The molecule has 0 atom stereocenters. The molecule has 6 heteroatoms. The van der Waals surface area contributed by atoms with E-state index in [-0.39, 0.29) is 5.56 Å². The highest BCUT2D eigenvalue weighted by Crippen LogP contribution is 2.32. The summed E-state index contributed by atoms with van der Waals surface area (Å²) in [6, 6.07) is 8.04. The van der Waals surface area contributed by atoms with Crippen LogP contribution in [-0.2, 0) is 6.54 Å². The number of thiophene rings is 1. The molecule has 2 N–H and O–H groups in total. The third-order valence-electron chi connectivity index (χ3n) is 3.55. The monoisotopic (exact) mass is 329 g/mol. The van der Waals surface area contributed by atoms with E-state index in [4.69, 9.17) is 4.74 Å². The predicted octanol–water partition coefficient (Wildman–Crippen LogP) is 3.16. The van der Waals surface area contributed by atoms with Crippen molar-refractivity contribution in [2.24, 2.45) is 0 Å². The summed E-state index contributed by atoms with van der Waals surface area (Å²) in [7, 11) is 1.63. The lowest BCUT2D eigenvalue weighted by Gasteiger charge is -2.07. The predicted molar refractivity (Wildman–Crippen MR) is 94.2 cm³/mol. The molecular weight excluding hydrogens is 310 g/mol. The topological polar surface area (TPSA) is 67.0 Å². The second kappa shape index (κ2) is 6.52. The molecule has 0 radical (unpaired) electrons. The van der Waals surface area contributed by atoms with Crippen molar-refractivity contribution < 1.29 is 4.74 Å². The summed E-state index contributed by atoms with van der Waals surface area (Å²) in [5, 5.41) is 5.87. The van der Waals surface area contributed by atoms with Gasteiger partial charge in [-0.1, -0.05) is 26.0 Å². The number of fused-ring (bicyclic) bond motifs is 1. The molecule has 0 spiro atoms. The Morgan fingerprint density at radius 3 is 2.96 bits per heavy atom. The molecule has 0 amide bonds. The Morgan fingerprint density at radius 2 is 2.22 bits per heavy atom. The van der Waals surface area contributed by atoms with Gasteiger partial charge in [-0.05, 0) is 17.7 Å². The number of benzene rings is 1. The Labute approximate surface area is 138 Å². The van der Waals surface area contributed by atoms with Gasteiger partial charge in [0.1, 0.15) is 16.4 Å². The maximum Gasteiger partial charge on any atom is 0.260 e. The third kappa shape index (κ3) is 3.28. The normalized spacial score (nSPS) is 11.3. The van der Waals surface area contributed by atoms with E-state index in [0.29, 0.717) is 23.8 Å². The third-order valence-corrected chi connectivity index (χ3v) is 4.42. The van der Waals surface area contributed by atoms with Gasteiger partial charge in [-0.15, -0.1) is 11.3 Å². The number of methoxy groups -OCH3 is 1. The minimum atomic E-state index is -0.102. The Hall–Kier alpha value is -2.18. The van der Waals surface area contributed by atoms with Gasteiger partial charge in [-0.2, -0.15) is 0 Å². The van der Waals surface area contributed by atoms with Crippen molar-refractivity contribution in [3.05, 3.63) is 45.8 Å². The fourth-order valence-corrected chi connectivity index (χ4v) is 3.35. The maximum atomic E-state index is 12.5. The quantitative estimate of drug-likeness (QED) is 0.754. The molecular formula is C17H19N3O2S. The molecule has 2 aromatic heterocycles. The second-order valence-corrected chi connectivity index (χ2v) is 6.47. The number of H-pyrrole nitrogens is 1. The van der Waals surface area contributed by atoms with Gasteiger partial charge in [-0.25, -0.2) is 4.98 Å². The molecule has 0 saturated heterocycles. The zero-order chi connectivity index (χ0) is 16.4. The molecule has 0 bridgehead atoms. The maximum absolute atomic E-state index is 12.5. The highest BCUT2D eigenvalue weighted by Gasteiger charge is 2.13. The largest absolute Gasteiger partial charge is 0.497 e. The van der Waals surface area contributed by atoms with E-state index in [1.165, 1.54) is 11.3 Å². The summed E-state index contributed by atoms with van der Waals surface area (Å²) in [4.78, 5) is 20.7. The molecule has 3 aromatic rings. The lowest BCUT2D eigenvalue weighted by atomic mass is 10.1. The van der Waals surface area contributed by atoms with Crippen LogP contribution in [0.15, 0.2) is 34.4 Å². The van der Waals surface area contributed by atoms with E-state index in [0.717, 1.165) is 21.7 Å². The smallest absolute Gasteiger partial charge is 0.260 e. The summed E-state index contributed by atoms with van der Waals surface area (Å²) in [6.07, 6.45) is 0. The summed E-state index contributed by atoms with van der Waals surface area (Å²) in [6.45, 7) is 4.67. The van der Waals surface area contributed by atoms with Crippen molar-refractivity contribution in [3.63, 3.8) is 0 Å². The molecule has 5 nitrogen and oxygen atoms in total. The first-order valence-electron chi connectivity index (χ1n) is 7.46. The Balaban J connectivity index is 2.05. The minimum Gasteiger partial charge on any atom is -0.497 e. The molecule has 0 aliphatic rings. The van der Waals surface area contributed by atoms with Crippen molar-refractivity contribution in [1.29, 1.82) is 0 Å². The van der Waals surface area contributed by atoms with E-state index in [1.807, 2.05) is 29.6 Å². The summed E-state index contributed by atoms with van der Waals surface area (Å²) >= 11 is 1.49. The number of ether oxygens (including phenoxy) is 1. The highest BCUT2D eigenvalue weighted by atomic mass is 32.1. The zero-order valence-electron chi connectivity index (χ0n) is 13.3. The summed E-state index contributed by atoms with van der Waals surface area (Å²) < 4.78 is 5.26. The lowest BCUT2D eigenvalue weighted by Crippen LogP contribution is -2.24. The van der Waals surface area contributed by atoms with Crippen molar-refractivity contribution in [2.75, 3.05) is 7.11 Å². The standard InChI is InChI=1S/C17H19N3O2S/c1-10(2)18-8-14-19-16(21)15-13(9-23-17(15)20-14)11-5-4-6-12(7-11)22-3/h4-7,9-10,18H,8H2,1-3H3,(H,19,20,21). The summed E-state index contributed by atoms with van der Waals surface area (Å²) in [5.41, 5.74) is 1.74. The molecule has 0 fully saturated rings. The fraction of sp³-hybridized carbons (Fsp3) is 0.294. The van der Waals surface area contributed by atoms with Crippen LogP contribution < -0.4 is 15.6 Å².